The molecule has 4 saturated carbocycles. The maximum atomic E-state index is 12.9. The summed E-state index contributed by atoms with van der Waals surface area (Å²) in [5.74, 6) is 8.47. The van der Waals surface area contributed by atoms with Gasteiger partial charge in [-0.3, -0.25) is 0 Å². The maximum absolute atomic E-state index is 12.9. The highest BCUT2D eigenvalue weighted by molar-refractivity contribution is 5.75. The Labute approximate surface area is 244 Å². The van der Waals surface area contributed by atoms with Crippen molar-refractivity contribution < 1.29 is 24.1 Å². The van der Waals surface area contributed by atoms with Crippen LogP contribution in [-0.2, 0) is 19.6 Å². The Hall–Kier alpha value is -3.01. The summed E-state index contributed by atoms with van der Waals surface area (Å²) in [6.45, 7) is 9.51. The minimum Gasteiger partial charge on any atom is -0.507 e. The number of ether oxygens (including phenoxy) is 3. The van der Waals surface area contributed by atoms with Crippen molar-refractivity contribution in [2.45, 2.75) is 95.5 Å². The third-order valence-corrected chi connectivity index (χ3v) is 9.34. The summed E-state index contributed by atoms with van der Waals surface area (Å²) in [5, 5.41) is 15.0. The van der Waals surface area contributed by atoms with Crippen LogP contribution in [0, 0.1) is 29.6 Å². The Morgan fingerprint density at radius 1 is 0.951 bits per heavy atom. The Morgan fingerprint density at radius 3 is 2.10 bits per heavy atom. The highest BCUT2D eigenvalue weighted by atomic mass is 16.7. The first kappa shape index (κ1) is 28.1. The van der Waals surface area contributed by atoms with Crippen LogP contribution in [0.5, 0.6) is 5.75 Å². The fourth-order valence-electron chi connectivity index (χ4n) is 8.04. The second kappa shape index (κ2) is 10.1. The van der Waals surface area contributed by atoms with Gasteiger partial charge >= 0.3 is 6.09 Å². The van der Waals surface area contributed by atoms with E-state index in [0.717, 1.165) is 41.5 Å². The number of amides is 1. The van der Waals surface area contributed by atoms with Crippen LogP contribution in [-0.4, -0.2) is 41.3 Å². The molecule has 4 bridgehead atoms. The summed E-state index contributed by atoms with van der Waals surface area (Å²) in [5.41, 5.74) is 1.81. The summed E-state index contributed by atoms with van der Waals surface area (Å²) < 4.78 is 17.5. The van der Waals surface area contributed by atoms with Crippen molar-refractivity contribution in [3.8, 4) is 28.7 Å². The lowest BCUT2D eigenvalue weighted by molar-refractivity contribution is -0.262. The van der Waals surface area contributed by atoms with Gasteiger partial charge in [0, 0.05) is 22.1 Å². The summed E-state index contributed by atoms with van der Waals surface area (Å²) >= 11 is 0. The van der Waals surface area contributed by atoms with Crippen LogP contribution in [0.15, 0.2) is 42.5 Å². The van der Waals surface area contributed by atoms with Gasteiger partial charge in [-0.15, -0.1) is 0 Å². The predicted molar refractivity (Wildman–Crippen MR) is 158 cm³/mol. The molecule has 0 unspecified atom stereocenters. The number of benzene rings is 2. The van der Waals surface area contributed by atoms with Gasteiger partial charge in [-0.2, -0.15) is 0 Å². The monoisotopic (exact) mass is 557 g/mol. The highest BCUT2D eigenvalue weighted by Gasteiger charge is 2.53. The molecule has 0 radical (unpaired) electrons. The molecule has 218 valence electrons. The van der Waals surface area contributed by atoms with Gasteiger partial charge in [0.25, 0.3) is 0 Å². The number of carbonyl (C=O) groups excluding carboxylic acids is 1. The maximum Gasteiger partial charge on any atom is 0.409 e. The molecule has 1 saturated heterocycles. The number of alkyl carbamates (subject to hydrolysis) is 1. The van der Waals surface area contributed by atoms with Gasteiger partial charge in [0.15, 0.2) is 11.3 Å². The molecule has 2 aromatic rings. The van der Waals surface area contributed by atoms with E-state index in [-0.39, 0.29) is 18.6 Å². The molecular weight excluding hydrogens is 514 g/mol. The lowest BCUT2D eigenvalue weighted by Crippen LogP contribution is -2.60. The van der Waals surface area contributed by atoms with Crippen LogP contribution in [0.3, 0.4) is 0 Å². The van der Waals surface area contributed by atoms with E-state index in [2.05, 4.69) is 23.2 Å². The van der Waals surface area contributed by atoms with Gasteiger partial charge in [-0.25, -0.2) is 4.79 Å². The van der Waals surface area contributed by atoms with E-state index in [9.17, 15) is 9.90 Å². The van der Waals surface area contributed by atoms with Gasteiger partial charge in [-0.05, 0) is 109 Å². The first-order valence-corrected chi connectivity index (χ1v) is 15.1. The number of rotatable bonds is 3. The van der Waals surface area contributed by atoms with E-state index in [1.807, 2.05) is 71.0 Å². The highest BCUT2D eigenvalue weighted by Crippen LogP contribution is 2.63. The number of phenols is 1. The Morgan fingerprint density at radius 2 is 1.54 bits per heavy atom. The predicted octanol–water partition coefficient (Wildman–Crippen LogP) is 6.92. The molecule has 5 fully saturated rings. The second-order valence-corrected chi connectivity index (χ2v) is 14.4. The quantitative estimate of drug-likeness (QED) is 0.401. The summed E-state index contributed by atoms with van der Waals surface area (Å²) in [4.78, 5) is 12.9. The minimum atomic E-state index is -1.09. The van der Waals surface area contributed by atoms with E-state index in [1.54, 1.807) is 0 Å². The van der Waals surface area contributed by atoms with Crippen LogP contribution in [0.2, 0.25) is 0 Å². The zero-order chi connectivity index (χ0) is 29.0. The zero-order valence-electron chi connectivity index (χ0n) is 25.0. The molecule has 0 spiro atoms. The number of aromatic hydroxyl groups is 1. The van der Waals surface area contributed by atoms with E-state index in [0.29, 0.717) is 23.5 Å². The topological polar surface area (TPSA) is 77.0 Å². The van der Waals surface area contributed by atoms with E-state index in [1.165, 1.54) is 19.3 Å². The summed E-state index contributed by atoms with van der Waals surface area (Å²) in [7, 11) is 0. The molecular formula is C35H43NO5. The first-order chi connectivity index (χ1) is 19.3. The minimum absolute atomic E-state index is 0.0824. The summed E-state index contributed by atoms with van der Waals surface area (Å²) in [6.07, 6.45) is 6.66. The summed E-state index contributed by atoms with van der Waals surface area (Å²) in [6, 6.07) is 14.1. The van der Waals surface area contributed by atoms with Gasteiger partial charge < -0.3 is 24.6 Å². The molecule has 6 nitrogen and oxygen atoms in total. The largest absolute Gasteiger partial charge is 0.507 e. The number of hydrogen-bond donors (Lipinski definition) is 2. The van der Waals surface area contributed by atoms with E-state index in [4.69, 9.17) is 14.2 Å². The van der Waals surface area contributed by atoms with Crippen LogP contribution >= 0.6 is 0 Å². The lowest BCUT2D eigenvalue weighted by Gasteiger charge is -2.57. The van der Waals surface area contributed by atoms with Gasteiger partial charge in [0.1, 0.15) is 11.4 Å². The molecule has 6 heteroatoms. The average Bonchev–Trinajstić information content (AvgIpc) is 2.88. The molecule has 4 aliphatic carbocycles. The van der Waals surface area contributed by atoms with Gasteiger partial charge in [0.2, 0.25) is 0 Å². The van der Waals surface area contributed by atoms with Crippen LogP contribution in [0.25, 0.3) is 11.1 Å². The molecule has 41 heavy (non-hydrogen) atoms. The van der Waals surface area contributed by atoms with E-state index >= 15 is 0 Å². The molecule has 0 aromatic heterocycles. The zero-order valence-corrected chi connectivity index (χ0v) is 25.0. The first-order valence-electron chi connectivity index (χ1n) is 15.1. The average molecular weight is 558 g/mol. The number of carbonyl (C=O) groups is 1. The third-order valence-electron chi connectivity index (χ3n) is 9.34. The van der Waals surface area contributed by atoms with Crippen molar-refractivity contribution >= 4 is 6.09 Å². The molecule has 2 N–H and O–H groups in total. The SMILES string of the molecule is CC(C)(C)OC(=O)NC1(C#Cc2ccc(-c3ccccc3)c(O)c2C23CC4CC(CC(C4)C2)C3)COC(C)(C)OC1. The Bertz CT molecular complexity index is 1330. The standard InChI is InChI=1S/C35H43NO5/c1-32(2,3)41-31(38)36-35(21-39-33(4,5)40-22-35)14-13-27-11-12-28(26-9-7-6-8-10-26)30(37)29(27)34-18-23-15-24(19-34)17-25(16-23)20-34/h6-12,23-25,37H,15-22H2,1-5H3,(H,36,38). The number of phenolic OH excluding ortho intramolecular Hbond substituents is 1. The molecule has 1 heterocycles. The lowest BCUT2D eigenvalue weighted by atomic mass is 9.47. The third kappa shape index (κ3) is 5.72. The second-order valence-electron chi connectivity index (χ2n) is 14.4. The van der Waals surface area contributed by atoms with Crippen molar-refractivity contribution in [2.75, 3.05) is 13.2 Å². The van der Waals surface area contributed by atoms with Crippen molar-refractivity contribution in [1.29, 1.82) is 0 Å². The van der Waals surface area contributed by atoms with Gasteiger partial charge in [0.05, 0.1) is 13.2 Å². The molecule has 7 rings (SSSR count). The van der Waals surface area contributed by atoms with Crippen molar-refractivity contribution in [1.82, 2.24) is 5.32 Å². The van der Waals surface area contributed by atoms with Crippen LogP contribution in [0.4, 0.5) is 4.79 Å². The molecule has 0 atom stereocenters. The normalized spacial score (nSPS) is 29.3. The van der Waals surface area contributed by atoms with Crippen molar-refractivity contribution in [2.24, 2.45) is 17.8 Å². The molecule has 5 aliphatic rings. The van der Waals surface area contributed by atoms with Crippen molar-refractivity contribution in [3.63, 3.8) is 0 Å². The molecule has 1 aliphatic heterocycles. The Kier molecular flexibility index (Phi) is 6.91. The fourth-order valence-corrected chi connectivity index (χ4v) is 8.04. The van der Waals surface area contributed by atoms with E-state index < -0.39 is 23.0 Å². The van der Waals surface area contributed by atoms with Crippen LogP contribution < -0.4 is 5.32 Å². The molecule has 1 amide bonds. The number of nitrogens with one attached hydrogen (secondary N) is 1. The Balaban J connectivity index is 1.44. The van der Waals surface area contributed by atoms with Crippen LogP contribution in [0.1, 0.15) is 84.3 Å². The van der Waals surface area contributed by atoms with Gasteiger partial charge in [-0.1, -0.05) is 42.2 Å². The van der Waals surface area contributed by atoms with Crippen molar-refractivity contribution in [3.05, 3.63) is 53.6 Å². The smallest absolute Gasteiger partial charge is 0.409 e. The fraction of sp³-hybridized carbons (Fsp3) is 0.571. The number of hydrogen-bond acceptors (Lipinski definition) is 5. The molecule has 2 aromatic carbocycles.